The first-order valence-corrected chi connectivity index (χ1v) is 8.17. The lowest BCUT2D eigenvalue weighted by Crippen LogP contribution is -2.38. The van der Waals surface area contributed by atoms with Crippen molar-refractivity contribution in [3.8, 4) is 5.75 Å². The van der Waals surface area contributed by atoms with Gasteiger partial charge in [0, 0.05) is 11.6 Å². The van der Waals surface area contributed by atoms with E-state index in [0.29, 0.717) is 5.75 Å². The smallest absolute Gasteiger partial charge is 0.416 e. The van der Waals surface area contributed by atoms with E-state index in [1.54, 1.807) is 0 Å². The van der Waals surface area contributed by atoms with Crippen molar-refractivity contribution in [1.29, 1.82) is 0 Å². The quantitative estimate of drug-likeness (QED) is 0.701. The maximum Gasteiger partial charge on any atom is 0.416 e. The Bertz CT molecular complexity index is 785. The number of hydrogen-bond donors (Lipinski definition) is 1. The molecule has 2 rings (SSSR count). The number of benzene rings is 1. The van der Waals surface area contributed by atoms with E-state index in [4.69, 9.17) is 27.9 Å². The van der Waals surface area contributed by atoms with E-state index in [9.17, 15) is 18.0 Å². The molecular formula is C17H14Cl2F3N2O2. The number of nitrogens with one attached hydrogen (secondary N) is 1. The molecule has 0 fully saturated rings. The van der Waals surface area contributed by atoms with Crippen molar-refractivity contribution in [3.05, 3.63) is 64.8 Å². The van der Waals surface area contributed by atoms with Crippen molar-refractivity contribution < 1.29 is 22.7 Å². The number of carbonyl (C=O) groups excluding carboxylic acids is 1. The van der Waals surface area contributed by atoms with Crippen LogP contribution in [0.1, 0.15) is 22.3 Å². The molecule has 1 amide bonds. The van der Waals surface area contributed by atoms with Gasteiger partial charge in [-0.2, -0.15) is 13.2 Å². The van der Waals surface area contributed by atoms with Crippen molar-refractivity contribution in [2.45, 2.75) is 18.6 Å². The van der Waals surface area contributed by atoms with Crippen molar-refractivity contribution in [2.75, 3.05) is 6.61 Å². The molecule has 4 nitrogen and oxygen atoms in total. The Balaban J connectivity index is 2.00. The van der Waals surface area contributed by atoms with E-state index in [2.05, 4.69) is 17.2 Å². The van der Waals surface area contributed by atoms with E-state index in [1.807, 2.05) is 0 Å². The number of ether oxygens (including phenoxy) is 1. The Morgan fingerprint density at radius 1 is 1.31 bits per heavy atom. The number of amides is 1. The third-order valence-electron chi connectivity index (χ3n) is 3.36. The average Bonchev–Trinajstić information content (AvgIpc) is 2.60. The lowest BCUT2D eigenvalue weighted by Gasteiger charge is -2.18. The van der Waals surface area contributed by atoms with Gasteiger partial charge >= 0.3 is 6.18 Å². The summed E-state index contributed by atoms with van der Waals surface area (Å²) in [5, 5.41) is 2.93. The lowest BCUT2D eigenvalue weighted by molar-refractivity contribution is -0.137. The highest BCUT2D eigenvalue weighted by Gasteiger charge is 2.31. The molecule has 139 valence electrons. The summed E-state index contributed by atoms with van der Waals surface area (Å²) in [7, 11) is 0. The maximum atomic E-state index is 12.7. The van der Waals surface area contributed by atoms with E-state index >= 15 is 0 Å². The monoisotopic (exact) mass is 405 g/mol. The third kappa shape index (κ3) is 5.51. The highest BCUT2D eigenvalue weighted by atomic mass is 35.5. The summed E-state index contributed by atoms with van der Waals surface area (Å²) >= 11 is 11.5. The van der Waals surface area contributed by atoms with E-state index in [-0.39, 0.29) is 28.8 Å². The molecule has 1 unspecified atom stereocenters. The summed E-state index contributed by atoms with van der Waals surface area (Å²) in [5.41, 5.74) is -0.996. The van der Waals surface area contributed by atoms with Gasteiger partial charge in [0.05, 0.1) is 22.8 Å². The van der Waals surface area contributed by atoms with Crippen LogP contribution in [0.2, 0.25) is 10.2 Å². The highest BCUT2D eigenvalue weighted by Crippen LogP contribution is 2.29. The van der Waals surface area contributed by atoms with Gasteiger partial charge in [-0.3, -0.25) is 4.79 Å². The van der Waals surface area contributed by atoms with Crippen LogP contribution in [0.5, 0.6) is 5.75 Å². The van der Waals surface area contributed by atoms with Crippen LogP contribution in [0.4, 0.5) is 13.2 Å². The molecule has 0 bridgehead atoms. The molecule has 1 aromatic heterocycles. The number of carbonyl (C=O) groups is 1. The summed E-state index contributed by atoms with van der Waals surface area (Å²) in [6, 6.07) is 5.11. The van der Waals surface area contributed by atoms with Gasteiger partial charge in [-0.25, -0.2) is 4.98 Å². The standard InChI is InChI=1S/C17H14Cl2F3N2O2/c1-2-12(9-26-13-7-14(18)15(19)23-8-13)24-16(25)10-4-3-5-11(6-10)17(20,21)22/h3-8,12H,1-2,9H2,(H,24,25). The maximum absolute atomic E-state index is 12.7. The summed E-state index contributed by atoms with van der Waals surface area (Å²) in [6.45, 7) is 3.73. The predicted octanol–water partition coefficient (Wildman–Crippen LogP) is 4.81. The minimum atomic E-state index is -4.52. The molecule has 0 aliphatic rings. The van der Waals surface area contributed by atoms with Crippen LogP contribution in [-0.4, -0.2) is 23.5 Å². The fourth-order valence-corrected chi connectivity index (χ4v) is 2.24. The molecule has 1 atom stereocenters. The molecule has 1 N–H and O–H groups in total. The molecule has 0 aliphatic heterocycles. The molecular weight excluding hydrogens is 392 g/mol. The fraction of sp³-hybridized carbons (Fsp3) is 0.235. The molecule has 0 saturated heterocycles. The molecule has 0 spiro atoms. The SMILES string of the molecule is [CH2]CC(COc1cnc(Cl)c(Cl)c1)NC(=O)c1cccc(C(F)(F)F)c1. The van der Waals surface area contributed by atoms with Gasteiger partial charge in [0.2, 0.25) is 0 Å². The van der Waals surface area contributed by atoms with Crippen LogP contribution in [-0.2, 0) is 6.18 Å². The Morgan fingerprint density at radius 3 is 2.65 bits per heavy atom. The summed E-state index contributed by atoms with van der Waals surface area (Å²) in [4.78, 5) is 16.0. The molecule has 1 radical (unpaired) electrons. The molecule has 2 aromatic rings. The summed E-state index contributed by atoms with van der Waals surface area (Å²) < 4.78 is 43.7. The Labute approximate surface area is 158 Å². The molecule has 9 heteroatoms. The Morgan fingerprint density at radius 2 is 2.04 bits per heavy atom. The minimum Gasteiger partial charge on any atom is -0.490 e. The number of rotatable bonds is 6. The van der Waals surface area contributed by atoms with Crippen LogP contribution >= 0.6 is 23.2 Å². The number of hydrogen-bond acceptors (Lipinski definition) is 3. The number of nitrogens with zero attached hydrogens (tertiary/aromatic N) is 1. The lowest BCUT2D eigenvalue weighted by atomic mass is 10.1. The van der Waals surface area contributed by atoms with Gasteiger partial charge in [0.25, 0.3) is 5.91 Å². The number of pyridine rings is 1. The molecule has 0 aliphatic carbocycles. The second kappa shape index (κ2) is 8.60. The molecule has 26 heavy (non-hydrogen) atoms. The minimum absolute atomic E-state index is 0.0356. The van der Waals surface area contributed by atoms with Crippen LogP contribution in [0.25, 0.3) is 0 Å². The zero-order valence-electron chi connectivity index (χ0n) is 13.3. The topological polar surface area (TPSA) is 51.2 Å². The van der Waals surface area contributed by atoms with Gasteiger partial charge < -0.3 is 10.1 Å². The first-order valence-electron chi connectivity index (χ1n) is 7.42. The van der Waals surface area contributed by atoms with Gasteiger partial charge in [0.1, 0.15) is 17.5 Å². The molecule has 1 aromatic carbocycles. The predicted molar refractivity (Wildman–Crippen MR) is 92.4 cm³/mol. The van der Waals surface area contributed by atoms with Crippen LogP contribution in [0.3, 0.4) is 0 Å². The van der Waals surface area contributed by atoms with Gasteiger partial charge in [0.15, 0.2) is 0 Å². The molecule has 1 heterocycles. The summed E-state index contributed by atoms with van der Waals surface area (Å²) in [6.07, 6.45) is -2.89. The normalized spacial score (nSPS) is 12.5. The third-order valence-corrected chi connectivity index (χ3v) is 4.04. The van der Waals surface area contributed by atoms with Crippen LogP contribution < -0.4 is 10.1 Å². The van der Waals surface area contributed by atoms with Crippen molar-refractivity contribution in [3.63, 3.8) is 0 Å². The van der Waals surface area contributed by atoms with Crippen LogP contribution in [0, 0.1) is 6.92 Å². The number of halogens is 5. The largest absolute Gasteiger partial charge is 0.490 e. The zero-order valence-corrected chi connectivity index (χ0v) is 14.8. The highest BCUT2D eigenvalue weighted by molar-refractivity contribution is 6.41. The zero-order chi connectivity index (χ0) is 19.3. The van der Waals surface area contributed by atoms with Gasteiger partial charge in [-0.1, -0.05) is 36.2 Å². The number of aromatic nitrogens is 1. The number of alkyl halides is 3. The first kappa shape index (κ1) is 20.3. The average molecular weight is 406 g/mol. The molecule has 0 saturated carbocycles. The Kier molecular flexibility index (Phi) is 6.72. The van der Waals surface area contributed by atoms with Gasteiger partial charge in [-0.15, -0.1) is 0 Å². The second-order valence-corrected chi connectivity index (χ2v) is 6.06. The van der Waals surface area contributed by atoms with Crippen molar-refractivity contribution >= 4 is 29.1 Å². The van der Waals surface area contributed by atoms with E-state index in [1.165, 1.54) is 24.4 Å². The fourth-order valence-electron chi connectivity index (χ4n) is 1.98. The van der Waals surface area contributed by atoms with E-state index in [0.717, 1.165) is 12.1 Å². The van der Waals surface area contributed by atoms with E-state index < -0.39 is 23.7 Å². The first-order chi connectivity index (χ1) is 12.2. The van der Waals surface area contributed by atoms with Crippen molar-refractivity contribution in [1.82, 2.24) is 10.3 Å². The second-order valence-electron chi connectivity index (χ2n) is 5.29. The van der Waals surface area contributed by atoms with Crippen LogP contribution in [0.15, 0.2) is 36.5 Å². The van der Waals surface area contributed by atoms with Gasteiger partial charge in [-0.05, 0) is 24.6 Å². The van der Waals surface area contributed by atoms with Crippen molar-refractivity contribution in [2.24, 2.45) is 0 Å². The Hall–Kier alpha value is -1.99. The summed E-state index contributed by atoms with van der Waals surface area (Å²) in [5.74, 6) is -0.313.